The first kappa shape index (κ1) is 12.4. The molecule has 0 bridgehead atoms. The second kappa shape index (κ2) is 5.18. The number of aliphatic hydroxyl groups is 1. The summed E-state index contributed by atoms with van der Waals surface area (Å²) in [5.41, 5.74) is 3.21. The van der Waals surface area contributed by atoms with Gasteiger partial charge in [0.1, 0.15) is 0 Å². The zero-order valence-corrected chi connectivity index (χ0v) is 11.4. The zero-order chi connectivity index (χ0) is 12.5. The summed E-state index contributed by atoms with van der Waals surface area (Å²) in [6, 6.07) is 0.671. The van der Waals surface area contributed by atoms with Crippen molar-refractivity contribution in [3.8, 4) is 0 Å². The molecule has 18 heavy (non-hydrogen) atoms. The van der Waals surface area contributed by atoms with Crippen molar-refractivity contribution < 1.29 is 5.11 Å². The Balaban J connectivity index is 1.84. The number of hydrogen-bond donors (Lipinski definition) is 1. The van der Waals surface area contributed by atoms with Crippen molar-refractivity contribution in [1.82, 2.24) is 4.90 Å². The van der Waals surface area contributed by atoms with E-state index in [0.717, 1.165) is 25.7 Å². The molecular weight excluding hydrogens is 222 g/mol. The molecule has 3 aliphatic rings. The van der Waals surface area contributed by atoms with Gasteiger partial charge in [0.15, 0.2) is 0 Å². The number of hydrogen-bond acceptors (Lipinski definition) is 2. The Morgan fingerprint density at radius 2 is 2.06 bits per heavy atom. The molecule has 3 unspecified atom stereocenters. The van der Waals surface area contributed by atoms with Gasteiger partial charge in [-0.15, -0.1) is 0 Å². The fourth-order valence-electron chi connectivity index (χ4n) is 4.14. The molecule has 1 aliphatic heterocycles. The molecule has 3 atom stereocenters. The van der Waals surface area contributed by atoms with Crippen LogP contribution in [0.4, 0.5) is 0 Å². The Morgan fingerprint density at radius 1 is 1.22 bits per heavy atom. The quantitative estimate of drug-likeness (QED) is 0.720. The molecule has 0 aromatic carbocycles. The Hall–Kier alpha value is -0.600. The van der Waals surface area contributed by atoms with Crippen molar-refractivity contribution >= 4 is 0 Å². The van der Waals surface area contributed by atoms with Gasteiger partial charge in [0, 0.05) is 6.04 Å². The van der Waals surface area contributed by atoms with Crippen LogP contribution in [-0.2, 0) is 0 Å². The summed E-state index contributed by atoms with van der Waals surface area (Å²) in [5.74, 6) is 0.610. The molecule has 2 heteroatoms. The zero-order valence-electron chi connectivity index (χ0n) is 11.4. The van der Waals surface area contributed by atoms with E-state index in [1.54, 1.807) is 11.1 Å². The number of likely N-dealkylation sites (tertiary alicyclic amines) is 1. The highest BCUT2D eigenvalue weighted by atomic mass is 16.3. The molecule has 2 nitrogen and oxygen atoms in total. The smallest absolute Gasteiger partial charge is 0.0583 e. The van der Waals surface area contributed by atoms with Crippen molar-refractivity contribution in [1.29, 1.82) is 0 Å². The monoisotopic (exact) mass is 247 g/mol. The fourth-order valence-corrected chi connectivity index (χ4v) is 4.14. The largest absolute Gasteiger partial charge is 0.393 e. The van der Waals surface area contributed by atoms with Gasteiger partial charge < -0.3 is 10.0 Å². The van der Waals surface area contributed by atoms with Gasteiger partial charge in [0.2, 0.25) is 0 Å². The Morgan fingerprint density at radius 3 is 2.89 bits per heavy atom. The third-order valence-corrected chi connectivity index (χ3v) is 5.07. The second-order valence-corrected chi connectivity index (χ2v) is 6.25. The van der Waals surface area contributed by atoms with Crippen LogP contribution in [0.25, 0.3) is 0 Å². The van der Waals surface area contributed by atoms with E-state index < -0.39 is 0 Å². The molecule has 3 rings (SSSR count). The lowest BCUT2D eigenvalue weighted by Gasteiger charge is -2.43. The molecule has 1 N–H and O–H groups in total. The Bertz CT molecular complexity index is 371. The molecule has 0 aromatic heterocycles. The van der Waals surface area contributed by atoms with Gasteiger partial charge in [0.05, 0.1) is 6.10 Å². The minimum absolute atomic E-state index is 0.101. The topological polar surface area (TPSA) is 23.5 Å². The van der Waals surface area contributed by atoms with Crippen molar-refractivity contribution in [2.24, 2.45) is 5.92 Å². The van der Waals surface area contributed by atoms with E-state index in [1.807, 2.05) is 0 Å². The van der Waals surface area contributed by atoms with Crippen LogP contribution in [0.5, 0.6) is 0 Å². The maximum absolute atomic E-state index is 10.2. The molecular formula is C16H25NO. The predicted octanol–water partition coefficient (Wildman–Crippen LogP) is 2.89. The van der Waals surface area contributed by atoms with Crippen LogP contribution in [0.1, 0.15) is 44.9 Å². The molecule has 1 saturated heterocycles. The normalized spacial score (nSPS) is 37.8. The maximum atomic E-state index is 10.2. The van der Waals surface area contributed by atoms with E-state index in [1.165, 1.54) is 25.8 Å². The maximum Gasteiger partial charge on any atom is 0.0583 e. The van der Waals surface area contributed by atoms with Crippen LogP contribution < -0.4 is 0 Å². The summed E-state index contributed by atoms with van der Waals surface area (Å²) in [6.45, 7) is 1.23. The van der Waals surface area contributed by atoms with Crippen molar-refractivity contribution in [2.45, 2.75) is 57.1 Å². The number of aliphatic hydroxyl groups excluding tert-OH is 1. The number of piperidine rings is 1. The van der Waals surface area contributed by atoms with Gasteiger partial charge in [-0.1, -0.05) is 29.7 Å². The highest BCUT2D eigenvalue weighted by molar-refractivity contribution is 5.30. The predicted molar refractivity (Wildman–Crippen MR) is 74.4 cm³/mol. The molecule has 1 heterocycles. The van der Waals surface area contributed by atoms with Crippen molar-refractivity contribution in [3.63, 3.8) is 0 Å². The number of rotatable bonds is 1. The molecule has 0 radical (unpaired) electrons. The van der Waals surface area contributed by atoms with Crippen LogP contribution >= 0.6 is 0 Å². The lowest BCUT2D eigenvalue weighted by atomic mass is 9.72. The van der Waals surface area contributed by atoms with Crippen molar-refractivity contribution in [2.75, 3.05) is 13.6 Å². The molecule has 2 aliphatic carbocycles. The first-order chi connectivity index (χ1) is 8.75. The van der Waals surface area contributed by atoms with Crippen LogP contribution in [0.3, 0.4) is 0 Å². The number of allylic oxidation sites excluding steroid dienone is 2. The standard InChI is InChI=1S/C16H25NO/c1-17-9-5-4-8-16(17)15-11-13(18)10-12-6-2-3-7-14(12)15/h2-3,13,15-16,18H,4-11H2,1H3. The Kier molecular flexibility index (Phi) is 3.58. The van der Waals surface area contributed by atoms with Gasteiger partial charge in [-0.05, 0) is 58.0 Å². The average molecular weight is 247 g/mol. The first-order valence-electron chi connectivity index (χ1n) is 7.50. The van der Waals surface area contributed by atoms with E-state index in [9.17, 15) is 5.11 Å². The number of nitrogens with zero attached hydrogens (tertiary/aromatic N) is 1. The van der Waals surface area contributed by atoms with Gasteiger partial charge in [-0.3, -0.25) is 0 Å². The van der Waals surface area contributed by atoms with E-state index in [4.69, 9.17) is 0 Å². The lowest BCUT2D eigenvalue weighted by Crippen LogP contribution is -2.44. The third kappa shape index (κ3) is 2.28. The molecule has 0 spiro atoms. The molecule has 100 valence electrons. The van der Waals surface area contributed by atoms with E-state index in [0.29, 0.717) is 12.0 Å². The SMILES string of the molecule is CN1CCCCC1C1CC(O)CC2=C1CC=CC2. The van der Waals surface area contributed by atoms with Gasteiger partial charge in [-0.25, -0.2) is 0 Å². The molecule has 1 fully saturated rings. The summed E-state index contributed by atoms with van der Waals surface area (Å²) in [7, 11) is 2.27. The van der Waals surface area contributed by atoms with Gasteiger partial charge in [0.25, 0.3) is 0 Å². The summed E-state index contributed by atoms with van der Waals surface area (Å²) in [5, 5.41) is 10.2. The first-order valence-corrected chi connectivity index (χ1v) is 7.50. The summed E-state index contributed by atoms with van der Waals surface area (Å²) < 4.78 is 0. The second-order valence-electron chi connectivity index (χ2n) is 6.25. The van der Waals surface area contributed by atoms with E-state index in [-0.39, 0.29) is 6.10 Å². The fraction of sp³-hybridized carbons (Fsp3) is 0.750. The highest BCUT2D eigenvalue weighted by Crippen LogP contribution is 2.41. The molecule has 0 saturated carbocycles. The van der Waals surface area contributed by atoms with Crippen molar-refractivity contribution in [3.05, 3.63) is 23.3 Å². The van der Waals surface area contributed by atoms with Gasteiger partial charge in [-0.2, -0.15) is 0 Å². The van der Waals surface area contributed by atoms with Crippen LogP contribution in [-0.4, -0.2) is 35.7 Å². The summed E-state index contributed by atoms with van der Waals surface area (Å²) >= 11 is 0. The van der Waals surface area contributed by atoms with Crippen LogP contribution in [0, 0.1) is 5.92 Å². The minimum atomic E-state index is -0.101. The average Bonchev–Trinajstić information content (AvgIpc) is 2.38. The van der Waals surface area contributed by atoms with E-state index >= 15 is 0 Å². The van der Waals surface area contributed by atoms with Crippen LogP contribution in [0.2, 0.25) is 0 Å². The van der Waals surface area contributed by atoms with Crippen LogP contribution in [0.15, 0.2) is 23.3 Å². The Labute approximate surface area is 110 Å². The molecule has 0 aromatic rings. The summed E-state index contributed by atoms with van der Waals surface area (Å²) in [6.07, 6.45) is 12.6. The van der Waals surface area contributed by atoms with E-state index in [2.05, 4.69) is 24.1 Å². The summed E-state index contributed by atoms with van der Waals surface area (Å²) in [4.78, 5) is 2.54. The minimum Gasteiger partial charge on any atom is -0.393 e. The third-order valence-electron chi connectivity index (χ3n) is 5.07. The van der Waals surface area contributed by atoms with Gasteiger partial charge >= 0.3 is 0 Å². The lowest BCUT2D eigenvalue weighted by molar-refractivity contribution is 0.0808. The molecule has 0 amide bonds. The highest BCUT2D eigenvalue weighted by Gasteiger charge is 2.35.